The molecule has 0 bridgehead atoms. The first-order valence-corrected chi connectivity index (χ1v) is 7.62. The van der Waals surface area contributed by atoms with Crippen LogP contribution in [-0.4, -0.2) is 37.4 Å². The summed E-state index contributed by atoms with van der Waals surface area (Å²) in [5.74, 6) is -0.0327. The number of hydrogen-bond acceptors (Lipinski definition) is 4. The Morgan fingerprint density at radius 1 is 1.42 bits per heavy atom. The predicted molar refractivity (Wildman–Crippen MR) is 77.9 cm³/mol. The minimum absolute atomic E-state index is 0.0130. The molecule has 4 nitrogen and oxygen atoms in total. The van der Waals surface area contributed by atoms with Crippen LogP contribution in [0.1, 0.15) is 40.4 Å². The van der Waals surface area contributed by atoms with Gasteiger partial charge in [-0.05, 0) is 24.5 Å². The van der Waals surface area contributed by atoms with Crippen molar-refractivity contribution in [3.8, 4) is 0 Å². The first kappa shape index (κ1) is 16.1. The van der Waals surface area contributed by atoms with Gasteiger partial charge >= 0.3 is 0 Å². The largest absolute Gasteiger partial charge is 0.394 e. The van der Waals surface area contributed by atoms with Crippen molar-refractivity contribution < 1.29 is 14.6 Å². The number of nitrogens with one attached hydrogen (secondary N) is 1. The minimum atomic E-state index is -0.0327. The Hall–Kier alpha value is -0.910. The van der Waals surface area contributed by atoms with Crippen LogP contribution in [0.25, 0.3) is 0 Å². The Morgan fingerprint density at radius 2 is 2.21 bits per heavy atom. The fourth-order valence-corrected chi connectivity index (χ4v) is 3.08. The molecule has 0 saturated heterocycles. The second kappa shape index (κ2) is 9.07. The Balaban J connectivity index is 2.47. The number of aliphatic hydroxyl groups excluding tert-OH is 1. The zero-order valence-corrected chi connectivity index (χ0v) is 12.5. The summed E-state index contributed by atoms with van der Waals surface area (Å²) in [7, 11) is 0. The number of amides is 1. The number of hydrogen-bond donors (Lipinski definition) is 2. The molecule has 0 aliphatic carbocycles. The van der Waals surface area contributed by atoms with Crippen LogP contribution in [0.5, 0.6) is 0 Å². The fraction of sp³-hybridized carbons (Fsp3) is 0.643. The zero-order chi connectivity index (χ0) is 14.1. The third kappa shape index (κ3) is 5.30. The predicted octanol–water partition coefficient (Wildman–Crippen LogP) is 2.00. The van der Waals surface area contributed by atoms with E-state index in [1.165, 1.54) is 10.4 Å². The summed E-state index contributed by atoms with van der Waals surface area (Å²) in [4.78, 5) is 14.1. The molecule has 1 amide bonds. The molecule has 0 atom stereocenters. The molecule has 0 aliphatic rings. The third-order valence-corrected chi connectivity index (χ3v) is 3.98. The molecule has 2 N–H and O–H groups in total. The highest BCUT2D eigenvalue weighted by molar-refractivity contribution is 7.14. The van der Waals surface area contributed by atoms with E-state index in [4.69, 9.17) is 9.84 Å². The molecule has 0 aliphatic heterocycles. The lowest BCUT2D eigenvalue weighted by atomic mass is 10.1. The molecule has 19 heavy (non-hydrogen) atoms. The second-order valence-electron chi connectivity index (χ2n) is 4.25. The van der Waals surface area contributed by atoms with Crippen LogP contribution in [0.15, 0.2) is 6.07 Å². The summed E-state index contributed by atoms with van der Waals surface area (Å²) in [6, 6.07) is 2.00. The molecule has 0 spiro atoms. The van der Waals surface area contributed by atoms with Crippen LogP contribution in [0.3, 0.4) is 0 Å². The number of aliphatic hydroxyl groups is 1. The quantitative estimate of drug-likeness (QED) is 0.682. The van der Waals surface area contributed by atoms with Crippen molar-refractivity contribution in [2.75, 3.05) is 26.4 Å². The fourth-order valence-electron chi connectivity index (χ4n) is 1.81. The first-order chi connectivity index (χ1) is 9.22. The van der Waals surface area contributed by atoms with E-state index in [9.17, 15) is 4.79 Å². The number of ether oxygens (including phenoxy) is 1. The molecule has 5 heteroatoms. The maximum atomic E-state index is 12.0. The molecule has 1 aromatic heterocycles. The average molecular weight is 285 g/mol. The summed E-state index contributed by atoms with van der Waals surface area (Å²) in [5.41, 5.74) is 1.29. The van der Waals surface area contributed by atoms with Crippen LogP contribution in [-0.2, 0) is 17.6 Å². The highest BCUT2D eigenvalue weighted by Gasteiger charge is 2.12. The van der Waals surface area contributed by atoms with Gasteiger partial charge in [0.1, 0.15) is 0 Å². The summed E-state index contributed by atoms with van der Waals surface area (Å²) >= 11 is 1.59. The number of carbonyl (C=O) groups excluding carboxylic acids is 1. The lowest BCUT2D eigenvalue weighted by Crippen LogP contribution is -2.26. The standard InChI is InChI=1S/C14H23NO3S/c1-3-5-12-11(4-2)10-13(19-12)14(17)15-6-8-18-9-7-16/h10,16H,3-9H2,1-2H3,(H,15,17). The van der Waals surface area contributed by atoms with Gasteiger partial charge in [-0.3, -0.25) is 4.79 Å². The first-order valence-electron chi connectivity index (χ1n) is 6.81. The van der Waals surface area contributed by atoms with Crippen molar-refractivity contribution in [3.63, 3.8) is 0 Å². The molecular formula is C14H23NO3S. The maximum absolute atomic E-state index is 12.0. The number of aryl methyl sites for hydroxylation is 2. The average Bonchev–Trinajstić information content (AvgIpc) is 2.82. The molecule has 0 aromatic carbocycles. The van der Waals surface area contributed by atoms with Gasteiger partial charge in [-0.1, -0.05) is 20.3 Å². The molecule has 0 saturated carbocycles. The lowest BCUT2D eigenvalue weighted by Gasteiger charge is -2.03. The highest BCUT2D eigenvalue weighted by atomic mass is 32.1. The Kier molecular flexibility index (Phi) is 7.70. The molecule has 1 rings (SSSR count). The van der Waals surface area contributed by atoms with Gasteiger partial charge in [-0.2, -0.15) is 0 Å². The van der Waals surface area contributed by atoms with E-state index in [2.05, 4.69) is 19.2 Å². The molecule has 108 valence electrons. The van der Waals surface area contributed by atoms with Crippen LogP contribution < -0.4 is 5.32 Å². The number of thiophene rings is 1. The van der Waals surface area contributed by atoms with Crippen molar-refractivity contribution in [2.24, 2.45) is 0 Å². The Labute approximate surface area is 118 Å². The molecular weight excluding hydrogens is 262 g/mol. The third-order valence-electron chi connectivity index (χ3n) is 2.75. The summed E-state index contributed by atoms with van der Waals surface area (Å²) in [5, 5.41) is 11.4. The topological polar surface area (TPSA) is 58.6 Å². The summed E-state index contributed by atoms with van der Waals surface area (Å²) < 4.78 is 5.10. The maximum Gasteiger partial charge on any atom is 0.261 e. The van der Waals surface area contributed by atoms with Gasteiger partial charge < -0.3 is 15.2 Å². The summed E-state index contributed by atoms with van der Waals surface area (Å²) in [6.07, 6.45) is 3.11. The van der Waals surface area contributed by atoms with E-state index in [0.29, 0.717) is 19.8 Å². The smallest absolute Gasteiger partial charge is 0.261 e. The van der Waals surface area contributed by atoms with Crippen molar-refractivity contribution in [3.05, 3.63) is 21.4 Å². The minimum Gasteiger partial charge on any atom is -0.394 e. The van der Waals surface area contributed by atoms with E-state index in [-0.39, 0.29) is 12.5 Å². The van der Waals surface area contributed by atoms with Gasteiger partial charge in [0.2, 0.25) is 0 Å². The highest BCUT2D eigenvalue weighted by Crippen LogP contribution is 2.24. The van der Waals surface area contributed by atoms with E-state index in [0.717, 1.165) is 24.1 Å². The lowest BCUT2D eigenvalue weighted by molar-refractivity contribution is 0.0840. The van der Waals surface area contributed by atoms with E-state index in [1.807, 2.05) is 6.07 Å². The Morgan fingerprint density at radius 3 is 2.84 bits per heavy atom. The van der Waals surface area contributed by atoms with E-state index in [1.54, 1.807) is 11.3 Å². The molecule has 0 fully saturated rings. The van der Waals surface area contributed by atoms with Gasteiger partial charge in [0.25, 0.3) is 5.91 Å². The van der Waals surface area contributed by atoms with Gasteiger partial charge in [0, 0.05) is 11.4 Å². The van der Waals surface area contributed by atoms with E-state index < -0.39 is 0 Å². The van der Waals surface area contributed by atoms with Crippen LogP contribution in [0, 0.1) is 0 Å². The normalized spacial score (nSPS) is 10.7. The van der Waals surface area contributed by atoms with Crippen LogP contribution in [0.4, 0.5) is 0 Å². The molecule has 1 heterocycles. The molecule has 0 unspecified atom stereocenters. The second-order valence-corrected chi connectivity index (χ2v) is 5.39. The van der Waals surface area contributed by atoms with Crippen LogP contribution >= 0.6 is 11.3 Å². The monoisotopic (exact) mass is 285 g/mol. The molecule has 0 radical (unpaired) electrons. The van der Waals surface area contributed by atoms with Gasteiger partial charge in [0.15, 0.2) is 0 Å². The van der Waals surface area contributed by atoms with Crippen LogP contribution in [0.2, 0.25) is 0 Å². The number of carbonyl (C=O) groups is 1. The van der Waals surface area contributed by atoms with Crippen molar-refractivity contribution >= 4 is 17.2 Å². The van der Waals surface area contributed by atoms with Crippen molar-refractivity contribution in [1.29, 1.82) is 0 Å². The van der Waals surface area contributed by atoms with Gasteiger partial charge in [-0.15, -0.1) is 11.3 Å². The van der Waals surface area contributed by atoms with Crippen molar-refractivity contribution in [1.82, 2.24) is 5.32 Å². The summed E-state index contributed by atoms with van der Waals surface area (Å²) in [6.45, 7) is 5.50. The van der Waals surface area contributed by atoms with Gasteiger partial charge in [-0.25, -0.2) is 0 Å². The SMILES string of the molecule is CCCc1sc(C(=O)NCCOCCO)cc1CC. The van der Waals surface area contributed by atoms with Gasteiger partial charge in [0.05, 0.1) is 24.7 Å². The zero-order valence-electron chi connectivity index (χ0n) is 11.7. The van der Waals surface area contributed by atoms with E-state index >= 15 is 0 Å². The number of rotatable bonds is 9. The van der Waals surface area contributed by atoms with Crippen molar-refractivity contribution in [2.45, 2.75) is 33.1 Å². The molecule has 1 aromatic rings. The Bertz CT molecular complexity index is 390.